The van der Waals surface area contributed by atoms with Gasteiger partial charge in [0.1, 0.15) is 11.6 Å². The lowest BCUT2D eigenvalue weighted by Gasteiger charge is -2.17. The van der Waals surface area contributed by atoms with Crippen LogP contribution < -0.4 is 15.5 Å². The molecule has 0 aliphatic carbocycles. The van der Waals surface area contributed by atoms with Crippen LogP contribution in [-0.2, 0) is 6.54 Å². The van der Waals surface area contributed by atoms with E-state index >= 15 is 0 Å². The Hall–Kier alpha value is -3.15. The number of halogens is 1. The standard InChI is InChI=1S/C21H22FN5/c22-17-5-3-16(4-6-17)15-24-20-11-12-23-21(26-20)25-18-7-9-19(10-8-18)27-13-1-2-14-27/h3-12H,1-2,13-15H2,(H2,23,24,25,26). The fourth-order valence-electron chi connectivity index (χ4n) is 3.17. The first-order chi connectivity index (χ1) is 13.3. The average molecular weight is 363 g/mol. The molecule has 5 nitrogen and oxygen atoms in total. The molecule has 1 aliphatic heterocycles. The monoisotopic (exact) mass is 363 g/mol. The summed E-state index contributed by atoms with van der Waals surface area (Å²) in [5.41, 5.74) is 3.20. The molecule has 27 heavy (non-hydrogen) atoms. The first-order valence-electron chi connectivity index (χ1n) is 9.20. The molecule has 1 aromatic heterocycles. The van der Waals surface area contributed by atoms with Crippen LogP contribution in [0, 0.1) is 5.82 Å². The van der Waals surface area contributed by atoms with E-state index in [0.29, 0.717) is 18.3 Å². The van der Waals surface area contributed by atoms with Crippen molar-refractivity contribution in [2.24, 2.45) is 0 Å². The predicted molar refractivity (Wildman–Crippen MR) is 107 cm³/mol. The van der Waals surface area contributed by atoms with Gasteiger partial charge in [-0.15, -0.1) is 0 Å². The van der Waals surface area contributed by atoms with Crippen molar-refractivity contribution in [2.45, 2.75) is 19.4 Å². The van der Waals surface area contributed by atoms with Gasteiger partial charge < -0.3 is 15.5 Å². The summed E-state index contributed by atoms with van der Waals surface area (Å²) >= 11 is 0. The van der Waals surface area contributed by atoms with E-state index in [2.05, 4.69) is 49.8 Å². The molecule has 6 heteroatoms. The zero-order valence-electron chi connectivity index (χ0n) is 15.0. The molecule has 2 aromatic carbocycles. The number of aromatic nitrogens is 2. The van der Waals surface area contributed by atoms with Crippen molar-refractivity contribution in [2.75, 3.05) is 28.6 Å². The molecule has 0 atom stereocenters. The minimum absolute atomic E-state index is 0.233. The molecule has 0 spiro atoms. The summed E-state index contributed by atoms with van der Waals surface area (Å²) in [4.78, 5) is 11.2. The maximum Gasteiger partial charge on any atom is 0.229 e. The molecule has 0 amide bonds. The molecule has 2 N–H and O–H groups in total. The molecule has 138 valence electrons. The van der Waals surface area contributed by atoms with E-state index in [1.807, 2.05) is 6.07 Å². The molecule has 0 radical (unpaired) electrons. The second kappa shape index (κ2) is 8.03. The molecule has 2 heterocycles. The van der Waals surface area contributed by atoms with Crippen molar-refractivity contribution in [1.29, 1.82) is 0 Å². The molecule has 1 aliphatic rings. The zero-order valence-corrected chi connectivity index (χ0v) is 15.0. The highest BCUT2D eigenvalue weighted by atomic mass is 19.1. The van der Waals surface area contributed by atoms with Gasteiger partial charge in [-0.25, -0.2) is 9.37 Å². The van der Waals surface area contributed by atoms with Gasteiger partial charge in [0.25, 0.3) is 0 Å². The van der Waals surface area contributed by atoms with E-state index in [1.54, 1.807) is 18.3 Å². The molecular weight excluding hydrogens is 341 g/mol. The molecule has 0 bridgehead atoms. The molecule has 3 aromatic rings. The Bertz CT molecular complexity index is 874. The number of hydrogen-bond acceptors (Lipinski definition) is 5. The Morgan fingerprint density at radius 2 is 1.67 bits per heavy atom. The van der Waals surface area contributed by atoms with Gasteiger partial charge >= 0.3 is 0 Å². The summed E-state index contributed by atoms with van der Waals surface area (Å²) in [5.74, 6) is 1.02. The van der Waals surface area contributed by atoms with Gasteiger partial charge in [0.15, 0.2) is 0 Å². The summed E-state index contributed by atoms with van der Waals surface area (Å²) < 4.78 is 13.0. The maximum absolute atomic E-state index is 13.0. The lowest BCUT2D eigenvalue weighted by Crippen LogP contribution is -2.17. The van der Waals surface area contributed by atoms with Crippen molar-refractivity contribution in [3.63, 3.8) is 0 Å². The molecule has 1 fully saturated rings. The quantitative estimate of drug-likeness (QED) is 0.672. The van der Waals surface area contributed by atoms with Gasteiger partial charge in [0.2, 0.25) is 5.95 Å². The van der Waals surface area contributed by atoms with E-state index in [1.165, 1.54) is 30.7 Å². The first kappa shape index (κ1) is 17.3. The minimum atomic E-state index is -0.233. The van der Waals surface area contributed by atoms with Crippen molar-refractivity contribution in [3.05, 3.63) is 72.2 Å². The van der Waals surface area contributed by atoms with E-state index in [9.17, 15) is 4.39 Å². The van der Waals surface area contributed by atoms with Gasteiger partial charge in [-0.2, -0.15) is 4.98 Å². The molecule has 0 saturated carbocycles. The average Bonchev–Trinajstić information content (AvgIpc) is 3.23. The number of rotatable bonds is 6. The Morgan fingerprint density at radius 1 is 0.926 bits per heavy atom. The number of hydrogen-bond donors (Lipinski definition) is 2. The van der Waals surface area contributed by atoms with Crippen molar-refractivity contribution < 1.29 is 4.39 Å². The SMILES string of the molecule is Fc1ccc(CNc2ccnc(Nc3ccc(N4CCCC4)cc3)n2)cc1. The van der Waals surface area contributed by atoms with Crippen LogP contribution in [0.25, 0.3) is 0 Å². The summed E-state index contributed by atoms with van der Waals surface area (Å²) in [6.45, 7) is 2.84. The van der Waals surface area contributed by atoms with Crippen molar-refractivity contribution in [1.82, 2.24) is 9.97 Å². The Labute approximate surface area is 158 Å². The number of nitrogens with one attached hydrogen (secondary N) is 2. The van der Waals surface area contributed by atoms with Gasteiger partial charge in [-0.05, 0) is 60.9 Å². The first-order valence-corrected chi connectivity index (χ1v) is 9.20. The number of anilines is 4. The van der Waals surface area contributed by atoms with E-state index in [0.717, 1.165) is 24.3 Å². The van der Waals surface area contributed by atoms with Crippen LogP contribution >= 0.6 is 0 Å². The van der Waals surface area contributed by atoms with E-state index in [-0.39, 0.29) is 5.82 Å². The fraction of sp³-hybridized carbons (Fsp3) is 0.238. The highest BCUT2D eigenvalue weighted by Crippen LogP contribution is 2.23. The van der Waals surface area contributed by atoms with Crippen LogP contribution in [0.3, 0.4) is 0 Å². The van der Waals surface area contributed by atoms with Crippen molar-refractivity contribution >= 4 is 23.1 Å². The third kappa shape index (κ3) is 4.53. The van der Waals surface area contributed by atoms with Crippen LogP contribution in [0.4, 0.5) is 27.5 Å². The largest absolute Gasteiger partial charge is 0.372 e. The van der Waals surface area contributed by atoms with Gasteiger partial charge in [0, 0.05) is 37.2 Å². The van der Waals surface area contributed by atoms with E-state index in [4.69, 9.17) is 0 Å². The second-order valence-corrected chi connectivity index (χ2v) is 6.61. The lowest BCUT2D eigenvalue weighted by atomic mass is 10.2. The lowest BCUT2D eigenvalue weighted by molar-refractivity contribution is 0.627. The topological polar surface area (TPSA) is 53.1 Å². The Morgan fingerprint density at radius 3 is 2.41 bits per heavy atom. The van der Waals surface area contributed by atoms with Crippen LogP contribution in [-0.4, -0.2) is 23.1 Å². The van der Waals surface area contributed by atoms with Gasteiger partial charge in [-0.3, -0.25) is 0 Å². The third-order valence-corrected chi connectivity index (χ3v) is 4.64. The summed E-state index contributed by atoms with van der Waals surface area (Å²) in [6, 6.07) is 16.6. The normalized spacial score (nSPS) is 13.6. The highest BCUT2D eigenvalue weighted by molar-refractivity contribution is 5.60. The fourth-order valence-corrected chi connectivity index (χ4v) is 3.17. The van der Waals surface area contributed by atoms with Gasteiger partial charge in [-0.1, -0.05) is 12.1 Å². The predicted octanol–water partition coefficient (Wildman–Crippen LogP) is 4.57. The summed E-state index contributed by atoms with van der Waals surface area (Å²) in [6.07, 6.45) is 4.25. The number of nitrogens with zero attached hydrogens (tertiary/aromatic N) is 3. The summed E-state index contributed by atoms with van der Waals surface area (Å²) in [7, 11) is 0. The third-order valence-electron chi connectivity index (χ3n) is 4.64. The van der Waals surface area contributed by atoms with Crippen LogP contribution in [0.2, 0.25) is 0 Å². The molecular formula is C21H22FN5. The second-order valence-electron chi connectivity index (χ2n) is 6.61. The zero-order chi connectivity index (χ0) is 18.5. The van der Waals surface area contributed by atoms with Crippen molar-refractivity contribution in [3.8, 4) is 0 Å². The molecule has 0 unspecified atom stereocenters. The van der Waals surface area contributed by atoms with Crippen LogP contribution in [0.1, 0.15) is 18.4 Å². The van der Waals surface area contributed by atoms with Crippen LogP contribution in [0.15, 0.2) is 60.8 Å². The van der Waals surface area contributed by atoms with E-state index < -0.39 is 0 Å². The Kier molecular flexibility index (Phi) is 5.14. The highest BCUT2D eigenvalue weighted by Gasteiger charge is 2.11. The van der Waals surface area contributed by atoms with Gasteiger partial charge in [0.05, 0.1) is 0 Å². The molecule has 1 saturated heterocycles. The van der Waals surface area contributed by atoms with Crippen LogP contribution in [0.5, 0.6) is 0 Å². The maximum atomic E-state index is 13.0. The number of benzene rings is 2. The molecule has 4 rings (SSSR count). The summed E-state index contributed by atoms with van der Waals surface area (Å²) in [5, 5.41) is 6.47. The Balaban J connectivity index is 1.37. The smallest absolute Gasteiger partial charge is 0.229 e. The minimum Gasteiger partial charge on any atom is -0.372 e.